The first-order valence-corrected chi connectivity index (χ1v) is 12.7. The lowest BCUT2D eigenvalue weighted by Gasteiger charge is -2.12. The fourth-order valence-electron chi connectivity index (χ4n) is 3.89. The lowest BCUT2D eigenvalue weighted by Crippen LogP contribution is -2.00. The molecule has 37 heavy (non-hydrogen) atoms. The number of imidazole rings is 1. The van der Waals surface area contributed by atoms with Gasteiger partial charge in [0.05, 0.1) is 12.0 Å². The number of aliphatic imine (C=N–C) groups is 1. The van der Waals surface area contributed by atoms with Crippen molar-refractivity contribution in [1.29, 1.82) is 5.41 Å². The van der Waals surface area contributed by atoms with Crippen LogP contribution in [-0.2, 0) is 11.3 Å². The van der Waals surface area contributed by atoms with E-state index in [1.165, 1.54) is 11.8 Å². The first-order valence-electron chi connectivity index (χ1n) is 11.9. The summed E-state index contributed by atoms with van der Waals surface area (Å²) in [6.45, 7) is 9.73. The SMILES string of the molecule is C/C=C\C=Nc1c(C(C)=N)nc(Sc2cc3c(cc2-c2occc2C)OCO3)n1C/C=C(\C)CC(C)=O. The average Bonchev–Trinajstić information content (AvgIpc) is 3.55. The van der Waals surface area contributed by atoms with Gasteiger partial charge in [0.1, 0.15) is 17.2 Å². The van der Waals surface area contributed by atoms with Crippen molar-refractivity contribution < 1.29 is 18.7 Å². The van der Waals surface area contributed by atoms with Crippen LogP contribution in [0.1, 0.15) is 45.4 Å². The number of rotatable bonds is 10. The summed E-state index contributed by atoms with van der Waals surface area (Å²) in [7, 11) is 0. The number of nitrogens with one attached hydrogen (secondary N) is 1. The molecule has 192 valence electrons. The Kier molecular flexibility index (Phi) is 8.13. The van der Waals surface area contributed by atoms with Crippen molar-refractivity contribution in [2.24, 2.45) is 4.99 Å². The first kappa shape index (κ1) is 26.2. The number of Topliss-reactive ketones (excluding diaryl/α,β-unsaturated/α-hetero) is 1. The summed E-state index contributed by atoms with van der Waals surface area (Å²) in [5, 5.41) is 9.01. The van der Waals surface area contributed by atoms with Gasteiger partial charge >= 0.3 is 0 Å². The van der Waals surface area contributed by atoms with E-state index in [9.17, 15) is 4.79 Å². The minimum atomic E-state index is 0.107. The van der Waals surface area contributed by atoms with Gasteiger partial charge in [-0.05, 0) is 64.5 Å². The van der Waals surface area contributed by atoms with Gasteiger partial charge in [-0.25, -0.2) is 9.98 Å². The van der Waals surface area contributed by atoms with E-state index in [1.54, 1.807) is 26.3 Å². The molecule has 9 heteroatoms. The van der Waals surface area contributed by atoms with Gasteiger partial charge in [-0.2, -0.15) is 0 Å². The third-order valence-electron chi connectivity index (χ3n) is 5.67. The molecule has 0 unspecified atom stereocenters. The standard InChI is InChI=1S/C28H30N4O4S/c1-6-7-10-30-27-25(20(5)29)31-28(32(27)11-8-17(2)13-19(4)33)37-24-15-23-22(35-16-36-23)14-21(24)26-18(3)9-12-34-26/h6-10,12,14-15,29H,11,13,16H2,1-5H3/b7-6-,17-8+,29-20?,30-10?. The highest BCUT2D eigenvalue weighted by Crippen LogP contribution is 2.46. The Labute approximate surface area is 220 Å². The Morgan fingerprint density at radius 2 is 2.00 bits per heavy atom. The molecule has 0 radical (unpaired) electrons. The van der Waals surface area contributed by atoms with Crippen molar-refractivity contribution in [3.63, 3.8) is 0 Å². The second-order valence-electron chi connectivity index (χ2n) is 8.77. The zero-order valence-electron chi connectivity index (χ0n) is 21.6. The van der Waals surface area contributed by atoms with Crippen LogP contribution in [0.3, 0.4) is 0 Å². The van der Waals surface area contributed by atoms with Crippen molar-refractivity contribution in [2.75, 3.05) is 6.79 Å². The van der Waals surface area contributed by atoms with E-state index < -0.39 is 0 Å². The number of hydrogen-bond acceptors (Lipinski definition) is 8. The lowest BCUT2D eigenvalue weighted by atomic mass is 10.1. The van der Waals surface area contributed by atoms with Gasteiger partial charge < -0.3 is 19.3 Å². The van der Waals surface area contributed by atoms with Crippen LogP contribution in [0.5, 0.6) is 11.5 Å². The zero-order chi connectivity index (χ0) is 26.5. The fraction of sp³-hybridized carbons (Fsp3) is 0.286. The van der Waals surface area contributed by atoms with E-state index in [4.69, 9.17) is 24.3 Å². The Bertz CT molecular complexity index is 1430. The maximum Gasteiger partial charge on any atom is 0.231 e. The molecule has 1 aliphatic heterocycles. The number of ether oxygens (including phenoxy) is 2. The third kappa shape index (κ3) is 5.94. The Hall–Kier alpha value is -3.85. The van der Waals surface area contributed by atoms with Gasteiger partial charge in [0.25, 0.3) is 0 Å². The van der Waals surface area contributed by atoms with Gasteiger partial charge in [0, 0.05) is 29.6 Å². The number of aromatic nitrogens is 2. The summed E-state index contributed by atoms with van der Waals surface area (Å²) in [6, 6.07) is 5.77. The number of benzene rings is 1. The highest BCUT2D eigenvalue weighted by Gasteiger charge is 2.24. The molecule has 1 aromatic carbocycles. The van der Waals surface area contributed by atoms with Crippen molar-refractivity contribution in [3.8, 4) is 22.8 Å². The molecule has 0 saturated carbocycles. The van der Waals surface area contributed by atoms with E-state index in [2.05, 4.69) is 4.99 Å². The van der Waals surface area contributed by atoms with Gasteiger partial charge in [-0.3, -0.25) is 9.36 Å². The number of carbonyl (C=O) groups excluding carboxylic acids is 1. The molecule has 1 N–H and O–H groups in total. The number of nitrogens with zero attached hydrogens (tertiary/aromatic N) is 3. The minimum Gasteiger partial charge on any atom is -0.464 e. The van der Waals surface area contributed by atoms with Crippen LogP contribution < -0.4 is 9.47 Å². The normalized spacial score (nSPS) is 13.3. The summed E-state index contributed by atoms with van der Waals surface area (Å²) < 4.78 is 19.1. The third-order valence-corrected chi connectivity index (χ3v) is 6.72. The molecule has 0 amide bonds. The predicted octanol–water partition coefficient (Wildman–Crippen LogP) is 6.92. The Morgan fingerprint density at radius 3 is 2.65 bits per heavy atom. The van der Waals surface area contributed by atoms with E-state index in [1.807, 2.05) is 61.8 Å². The highest BCUT2D eigenvalue weighted by molar-refractivity contribution is 7.99. The number of fused-ring (bicyclic) bond motifs is 1. The van der Waals surface area contributed by atoms with Gasteiger partial charge in [0.15, 0.2) is 22.5 Å². The van der Waals surface area contributed by atoms with Crippen molar-refractivity contribution >= 4 is 35.3 Å². The molecule has 0 spiro atoms. The first-order chi connectivity index (χ1) is 17.8. The van der Waals surface area contributed by atoms with Gasteiger partial charge in [0.2, 0.25) is 6.79 Å². The number of aryl methyl sites for hydroxylation is 1. The molecular formula is C28H30N4O4S. The van der Waals surface area contributed by atoms with E-state index >= 15 is 0 Å². The molecule has 2 aromatic heterocycles. The van der Waals surface area contributed by atoms with Crippen LogP contribution in [0.15, 0.2) is 67.7 Å². The number of ketones is 1. The second kappa shape index (κ2) is 11.5. The number of carbonyl (C=O) groups is 1. The van der Waals surface area contributed by atoms with Crippen molar-refractivity contribution in [2.45, 2.75) is 57.6 Å². The summed E-state index contributed by atoms with van der Waals surface area (Å²) in [6.07, 6.45) is 9.46. The Morgan fingerprint density at radius 1 is 1.24 bits per heavy atom. The van der Waals surface area contributed by atoms with E-state index in [-0.39, 0.29) is 12.6 Å². The molecule has 0 bridgehead atoms. The van der Waals surface area contributed by atoms with Crippen LogP contribution in [0.4, 0.5) is 5.82 Å². The number of allylic oxidation sites excluding steroid dienone is 4. The van der Waals surface area contributed by atoms with Crippen LogP contribution in [0.2, 0.25) is 0 Å². The summed E-state index contributed by atoms with van der Waals surface area (Å²) in [5.74, 6) is 2.74. The zero-order valence-corrected chi connectivity index (χ0v) is 22.4. The number of hydrogen-bond donors (Lipinski definition) is 1. The van der Waals surface area contributed by atoms with Gasteiger partial charge in [-0.15, -0.1) is 0 Å². The summed E-state index contributed by atoms with van der Waals surface area (Å²) in [5.41, 5.74) is 3.63. The second-order valence-corrected chi connectivity index (χ2v) is 9.78. The summed E-state index contributed by atoms with van der Waals surface area (Å²) >= 11 is 1.44. The maximum atomic E-state index is 11.6. The van der Waals surface area contributed by atoms with Crippen LogP contribution >= 0.6 is 11.8 Å². The maximum absolute atomic E-state index is 11.6. The van der Waals surface area contributed by atoms with Crippen LogP contribution in [-0.4, -0.2) is 34.1 Å². The monoisotopic (exact) mass is 518 g/mol. The van der Waals surface area contributed by atoms with E-state index in [0.717, 1.165) is 27.4 Å². The number of furan rings is 1. The minimum absolute atomic E-state index is 0.107. The quantitative estimate of drug-likeness (QED) is 0.231. The molecule has 8 nitrogen and oxygen atoms in total. The molecule has 0 atom stereocenters. The van der Waals surface area contributed by atoms with Crippen molar-refractivity contribution in [1.82, 2.24) is 9.55 Å². The molecular weight excluding hydrogens is 488 g/mol. The Balaban J connectivity index is 1.85. The topological polar surface area (TPSA) is 103 Å². The highest BCUT2D eigenvalue weighted by atomic mass is 32.2. The summed E-state index contributed by atoms with van der Waals surface area (Å²) in [4.78, 5) is 22.0. The largest absolute Gasteiger partial charge is 0.464 e. The van der Waals surface area contributed by atoms with Crippen LogP contribution in [0.25, 0.3) is 11.3 Å². The predicted molar refractivity (Wildman–Crippen MR) is 146 cm³/mol. The van der Waals surface area contributed by atoms with Crippen molar-refractivity contribution in [3.05, 3.63) is 59.5 Å². The smallest absolute Gasteiger partial charge is 0.231 e. The molecule has 0 fully saturated rings. The fourth-order valence-corrected chi connectivity index (χ4v) is 4.93. The average molecular weight is 519 g/mol. The molecule has 0 saturated heterocycles. The van der Waals surface area contributed by atoms with Crippen LogP contribution in [0, 0.1) is 12.3 Å². The lowest BCUT2D eigenvalue weighted by molar-refractivity contribution is -0.116. The molecule has 4 rings (SSSR count). The molecule has 0 aliphatic carbocycles. The molecule has 1 aliphatic rings. The van der Waals surface area contributed by atoms with Gasteiger partial charge in [-0.1, -0.05) is 29.5 Å². The molecule has 3 heterocycles. The van der Waals surface area contributed by atoms with E-state index in [0.29, 0.717) is 46.8 Å². The molecule has 3 aromatic rings.